The van der Waals surface area contributed by atoms with Crippen LogP contribution in [0.5, 0.6) is 5.75 Å². The molecule has 4 heteroatoms. The Labute approximate surface area is 108 Å². The molecule has 1 nitrogen and oxygen atoms in total. The van der Waals surface area contributed by atoms with Crippen LogP contribution in [0.25, 0.3) is 0 Å². The van der Waals surface area contributed by atoms with Gasteiger partial charge in [0.2, 0.25) is 0 Å². The molecule has 0 fully saturated rings. The van der Waals surface area contributed by atoms with Gasteiger partial charge in [-0.3, -0.25) is 0 Å². The Morgan fingerprint density at radius 1 is 1.00 bits per heavy atom. The Kier molecular flexibility index (Phi) is 3.55. The summed E-state index contributed by atoms with van der Waals surface area (Å²) in [6, 6.07) is 9.10. The first-order valence-corrected chi connectivity index (χ1v) is 5.73. The summed E-state index contributed by atoms with van der Waals surface area (Å²) in [5.74, 6) is -0.198. The van der Waals surface area contributed by atoms with Crippen LogP contribution in [0.1, 0.15) is 11.1 Å². The molecule has 17 heavy (non-hydrogen) atoms. The van der Waals surface area contributed by atoms with Crippen molar-refractivity contribution < 1.29 is 9.50 Å². The zero-order valence-electron chi connectivity index (χ0n) is 8.75. The number of aromatic hydroxyl groups is 1. The van der Waals surface area contributed by atoms with Crippen LogP contribution in [-0.4, -0.2) is 5.11 Å². The van der Waals surface area contributed by atoms with Crippen LogP contribution in [0.3, 0.4) is 0 Å². The highest BCUT2D eigenvalue weighted by molar-refractivity contribution is 6.42. The van der Waals surface area contributed by atoms with Crippen molar-refractivity contribution in [2.75, 3.05) is 0 Å². The van der Waals surface area contributed by atoms with Gasteiger partial charge in [0.1, 0.15) is 11.6 Å². The number of hydrogen-bond acceptors (Lipinski definition) is 1. The van der Waals surface area contributed by atoms with Crippen LogP contribution in [-0.2, 0) is 6.42 Å². The molecule has 0 heterocycles. The van der Waals surface area contributed by atoms with E-state index in [1.807, 2.05) is 0 Å². The van der Waals surface area contributed by atoms with Gasteiger partial charge < -0.3 is 5.11 Å². The number of hydrogen-bond donors (Lipinski definition) is 1. The molecule has 0 saturated carbocycles. The molecule has 0 saturated heterocycles. The third-order valence-electron chi connectivity index (χ3n) is 2.43. The smallest absolute Gasteiger partial charge is 0.123 e. The lowest BCUT2D eigenvalue weighted by atomic mass is 10.0. The van der Waals surface area contributed by atoms with E-state index in [0.717, 1.165) is 5.56 Å². The van der Waals surface area contributed by atoms with E-state index in [9.17, 15) is 9.50 Å². The lowest BCUT2D eigenvalue weighted by Gasteiger charge is -2.06. The highest BCUT2D eigenvalue weighted by Crippen LogP contribution is 2.31. The molecular formula is C13H9Cl2FO. The zero-order chi connectivity index (χ0) is 12.4. The van der Waals surface area contributed by atoms with Crippen molar-refractivity contribution in [2.45, 2.75) is 6.42 Å². The van der Waals surface area contributed by atoms with Crippen molar-refractivity contribution >= 4 is 23.2 Å². The van der Waals surface area contributed by atoms with Gasteiger partial charge in [-0.05, 0) is 29.3 Å². The Hall–Kier alpha value is -1.25. The molecule has 88 valence electrons. The summed E-state index contributed by atoms with van der Waals surface area (Å²) in [6.07, 6.45) is 0.475. The van der Waals surface area contributed by atoms with E-state index in [-0.39, 0.29) is 11.6 Å². The predicted octanol–water partition coefficient (Wildman–Crippen LogP) is 4.43. The molecule has 2 aromatic carbocycles. The molecule has 0 aromatic heterocycles. The Morgan fingerprint density at radius 3 is 2.24 bits per heavy atom. The maximum atomic E-state index is 12.7. The summed E-state index contributed by atoms with van der Waals surface area (Å²) in [4.78, 5) is 0. The van der Waals surface area contributed by atoms with Gasteiger partial charge >= 0.3 is 0 Å². The van der Waals surface area contributed by atoms with E-state index in [4.69, 9.17) is 23.2 Å². The van der Waals surface area contributed by atoms with Crippen molar-refractivity contribution in [1.29, 1.82) is 0 Å². The van der Waals surface area contributed by atoms with E-state index >= 15 is 0 Å². The second-order valence-corrected chi connectivity index (χ2v) is 4.51. The molecule has 0 unspecified atom stereocenters. The highest BCUT2D eigenvalue weighted by Gasteiger charge is 2.07. The maximum absolute atomic E-state index is 12.7. The predicted molar refractivity (Wildman–Crippen MR) is 67.3 cm³/mol. The minimum absolute atomic E-state index is 0.0868. The molecule has 0 aliphatic rings. The van der Waals surface area contributed by atoms with Crippen LogP contribution in [0.2, 0.25) is 10.0 Å². The van der Waals surface area contributed by atoms with Crippen LogP contribution in [0.15, 0.2) is 36.4 Å². The molecular weight excluding hydrogens is 262 g/mol. The standard InChI is InChI=1S/C13H9Cl2FO/c14-11-6-9(13(17)7-12(11)15)5-8-1-3-10(16)4-2-8/h1-4,6-7,17H,5H2. The summed E-state index contributed by atoms with van der Waals surface area (Å²) >= 11 is 11.6. The highest BCUT2D eigenvalue weighted by atomic mass is 35.5. The topological polar surface area (TPSA) is 20.2 Å². The molecule has 0 aliphatic heterocycles. The van der Waals surface area contributed by atoms with Crippen LogP contribution in [0.4, 0.5) is 4.39 Å². The zero-order valence-corrected chi connectivity index (χ0v) is 10.3. The molecule has 2 aromatic rings. The average Bonchev–Trinajstić information content (AvgIpc) is 2.29. The first-order valence-electron chi connectivity index (χ1n) is 4.97. The van der Waals surface area contributed by atoms with Crippen molar-refractivity contribution in [3.8, 4) is 5.75 Å². The van der Waals surface area contributed by atoms with Gasteiger partial charge in [-0.1, -0.05) is 35.3 Å². The molecule has 0 atom stereocenters. The van der Waals surface area contributed by atoms with Gasteiger partial charge in [-0.15, -0.1) is 0 Å². The summed E-state index contributed by atoms with van der Waals surface area (Å²) < 4.78 is 12.7. The average molecular weight is 271 g/mol. The van der Waals surface area contributed by atoms with Gasteiger partial charge in [0, 0.05) is 12.5 Å². The molecule has 0 aliphatic carbocycles. The third kappa shape index (κ3) is 2.90. The van der Waals surface area contributed by atoms with Crippen LogP contribution >= 0.6 is 23.2 Å². The lowest BCUT2D eigenvalue weighted by molar-refractivity contribution is 0.469. The number of halogens is 3. The maximum Gasteiger partial charge on any atom is 0.123 e. The van der Waals surface area contributed by atoms with Crippen LogP contribution in [0, 0.1) is 5.82 Å². The van der Waals surface area contributed by atoms with Gasteiger partial charge in [0.05, 0.1) is 10.0 Å². The summed E-state index contributed by atoms with van der Waals surface area (Å²) in [7, 11) is 0. The van der Waals surface area contributed by atoms with Crippen LogP contribution < -0.4 is 0 Å². The molecule has 0 bridgehead atoms. The Balaban J connectivity index is 2.30. The van der Waals surface area contributed by atoms with E-state index in [1.54, 1.807) is 18.2 Å². The fourth-order valence-electron chi connectivity index (χ4n) is 1.54. The van der Waals surface area contributed by atoms with Gasteiger partial charge in [-0.25, -0.2) is 4.39 Å². The minimum Gasteiger partial charge on any atom is -0.508 e. The van der Waals surface area contributed by atoms with E-state index < -0.39 is 0 Å². The normalized spacial score (nSPS) is 10.5. The third-order valence-corrected chi connectivity index (χ3v) is 3.15. The number of rotatable bonds is 2. The fourth-order valence-corrected chi connectivity index (χ4v) is 1.89. The molecule has 0 radical (unpaired) electrons. The SMILES string of the molecule is Oc1cc(Cl)c(Cl)cc1Cc1ccc(F)cc1. The van der Waals surface area contributed by atoms with Gasteiger partial charge in [0.25, 0.3) is 0 Å². The Bertz CT molecular complexity index is 538. The quantitative estimate of drug-likeness (QED) is 0.856. The summed E-state index contributed by atoms with van der Waals surface area (Å²) in [5.41, 5.74) is 1.55. The Morgan fingerprint density at radius 2 is 1.59 bits per heavy atom. The van der Waals surface area contributed by atoms with Gasteiger partial charge in [-0.2, -0.15) is 0 Å². The van der Waals surface area contributed by atoms with E-state index in [1.165, 1.54) is 18.2 Å². The number of phenols is 1. The van der Waals surface area contributed by atoms with E-state index in [0.29, 0.717) is 22.0 Å². The largest absolute Gasteiger partial charge is 0.508 e. The number of phenolic OH excluding ortho intramolecular Hbond substituents is 1. The summed E-state index contributed by atoms with van der Waals surface area (Å²) in [6.45, 7) is 0. The van der Waals surface area contributed by atoms with E-state index in [2.05, 4.69) is 0 Å². The van der Waals surface area contributed by atoms with Crippen molar-refractivity contribution in [1.82, 2.24) is 0 Å². The van der Waals surface area contributed by atoms with Crippen molar-refractivity contribution in [2.24, 2.45) is 0 Å². The molecule has 2 rings (SSSR count). The second-order valence-electron chi connectivity index (χ2n) is 3.70. The second kappa shape index (κ2) is 4.94. The first kappa shape index (κ1) is 12.2. The van der Waals surface area contributed by atoms with Crippen molar-refractivity contribution in [3.63, 3.8) is 0 Å². The fraction of sp³-hybridized carbons (Fsp3) is 0.0769. The summed E-state index contributed by atoms with van der Waals surface area (Å²) in [5, 5.41) is 10.4. The lowest BCUT2D eigenvalue weighted by Crippen LogP contribution is -1.90. The number of benzene rings is 2. The van der Waals surface area contributed by atoms with Crippen molar-refractivity contribution in [3.05, 3.63) is 63.4 Å². The monoisotopic (exact) mass is 270 g/mol. The first-order chi connectivity index (χ1) is 8.06. The van der Waals surface area contributed by atoms with Gasteiger partial charge in [0.15, 0.2) is 0 Å². The minimum atomic E-state index is -0.285. The molecule has 0 amide bonds. The molecule has 1 N–H and O–H groups in total. The molecule has 0 spiro atoms.